The van der Waals surface area contributed by atoms with Crippen LogP contribution >= 0.6 is 0 Å². The summed E-state index contributed by atoms with van der Waals surface area (Å²) < 4.78 is 16.7. The van der Waals surface area contributed by atoms with E-state index in [0.717, 1.165) is 42.6 Å². The summed E-state index contributed by atoms with van der Waals surface area (Å²) in [5.74, 6) is 4.41. The number of carbonyl (C=O) groups is 1. The first-order chi connectivity index (χ1) is 13.1. The van der Waals surface area contributed by atoms with E-state index in [-0.39, 0.29) is 11.4 Å². The van der Waals surface area contributed by atoms with Gasteiger partial charge in [-0.25, -0.2) is 0 Å². The quantitative estimate of drug-likeness (QED) is 0.825. The van der Waals surface area contributed by atoms with Crippen molar-refractivity contribution >= 4 is 12.0 Å². The van der Waals surface area contributed by atoms with Crippen LogP contribution in [0.1, 0.15) is 44.1 Å². The standard InChI is InChI=1S/C22H27NO4/c1-25-18-9-14(10-19-21(18)27-5-4-26-19)2-3-20(24)23-22-11-15-6-16(12-22)8-17(7-15)13-22/h2-3,9-10,15-17H,4-8,11-13H2,1H3,(H,23,24). The number of rotatable bonds is 4. The van der Waals surface area contributed by atoms with Gasteiger partial charge in [-0.05, 0) is 80.1 Å². The fourth-order valence-electron chi connectivity index (χ4n) is 6.13. The maximum atomic E-state index is 12.7. The third-order valence-electron chi connectivity index (χ3n) is 6.70. The van der Waals surface area contributed by atoms with Crippen molar-refractivity contribution in [2.24, 2.45) is 17.8 Å². The fourth-order valence-corrected chi connectivity index (χ4v) is 6.13. The highest BCUT2D eigenvalue weighted by Crippen LogP contribution is 2.55. The highest BCUT2D eigenvalue weighted by atomic mass is 16.6. The van der Waals surface area contributed by atoms with Gasteiger partial charge < -0.3 is 19.5 Å². The average Bonchev–Trinajstić information content (AvgIpc) is 2.64. The first-order valence-corrected chi connectivity index (χ1v) is 10.1. The SMILES string of the molecule is COc1cc(C=CC(=O)NC23CC4CC(CC(C4)C2)C3)cc2c1OCCO2. The molecular formula is C22H27NO4. The van der Waals surface area contributed by atoms with Crippen LogP contribution in [0.5, 0.6) is 17.2 Å². The summed E-state index contributed by atoms with van der Waals surface area (Å²) in [7, 11) is 1.61. The van der Waals surface area contributed by atoms with Crippen molar-refractivity contribution in [3.05, 3.63) is 23.8 Å². The summed E-state index contributed by atoms with van der Waals surface area (Å²) in [5, 5.41) is 3.37. The van der Waals surface area contributed by atoms with Gasteiger partial charge in [0.05, 0.1) is 7.11 Å². The Balaban J connectivity index is 1.30. The second-order valence-electron chi connectivity index (χ2n) is 8.77. The zero-order valence-corrected chi connectivity index (χ0v) is 15.8. The molecule has 1 heterocycles. The Bertz CT molecular complexity index is 732. The van der Waals surface area contributed by atoms with Gasteiger partial charge in [0.15, 0.2) is 11.5 Å². The van der Waals surface area contributed by atoms with E-state index in [1.165, 1.54) is 19.3 Å². The van der Waals surface area contributed by atoms with Crippen LogP contribution < -0.4 is 19.5 Å². The van der Waals surface area contributed by atoms with Gasteiger partial charge in [-0.2, -0.15) is 0 Å². The molecule has 144 valence electrons. The molecule has 4 fully saturated rings. The highest BCUT2D eigenvalue weighted by Gasteiger charge is 2.51. The minimum Gasteiger partial charge on any atom is -0.493 e. The van der Waals surface area contributed by atoms with Crippen molar-refractivity contribution in [1.29, 1.82) is 0 Å². The summed E-state index contributed by atoms with van der Waals surface area (Å²) in [4.78, 5) is 12.7. The maximum absolute atomic E-state index is 12.7. The predicted octanol–water partition coefficient (Wildman–Crippen LogP) is 3.56. The van der Waals surface area contributed by atoms with Crippen molar-refractivity contribution in [1.82, 2.24) is 5.32 Å². The number of amides is 1. The Morgan fingerprint density at radius 3 is 2.44 bits per heavy atom. The summed E-state index contributed by atoms with van der Waals surface area (Å²) in [6.45, 7) is 1.04. The molecule has 0 unspecified atom stereocenters. The zero-order chi connectivity index (χ0) is 18.4. The molecule has 0 aromatic heterocycles. The Morgan fingerprint density at radius 2 is 1.78 bits per heavy atom. The molecule has 27 heavy (non-hydrogen) atoms. The van der Waals surface area contributed by atoms with Gasteiger partial charge >= 0.3 is 0 Å². The molecule has 0 saturated heterocycles. The van der Waals surface area contributed by atoms with Crippen LogP contribution in [-0.2, 0) is 4.79 Å². The van der Waals surface area contributed by atoms with Crippen LogP contribution in [0, 0.1) is 17.8 Å². The van der Waals surface area contributed by atoms with Crippen molar-refractivity contribution in [3.63, 3.8) is 0 Å². The molecule has 1 N–H and O–H groups in total. The summed E-state index contributed by atoms with van der Waals surface area (Å²) in [6.07, 6.45) is 11.1. The topological polar surface area (TPSA) is 56.8 Å². The predicted molar refractivity (Wildman–Crippen MR) is 102 cm³/mol. The van der Waals surface area contributed by atoms with Crippen molar-refractivity contribution < 1.29 is 19.0 Å². The Morgan fingerprint density at radius 1 is 1.11 bits per heavy atom. The smallest absolute Gasteiger partial charge is 0.244 e. The number of nitrogens with one attached hydrogen (secondary N) is 1. The number of ether oxygens (including phenoxy) is 3. The lowest BCUT2D eigenvalue weighted by molar-refractivity contribution is -0.122. The van der Waals surface area contributed by atoms with E-state index >= 15 is 0 Å². The molecule has 5 heteroatoms. The Hall–Kier alpha value is -2.17. The van der Waals surface area contributed by atoms with Gasteiger partial charge in [0.25, 0.3) is 0 Å². The number of hydrogen-bond donors (Lipinski definition) is 1. The van der Waals surface area contributed by atoms with Crippen LogP contribution in [0.25, 0.3) is 6.08 Å². The molecule has 1 aliphatic heterocycles. The zero-order valence-electron chi connectivity index (χ0n) is 15.8. The lowest BCUT2D eigenvalue weighted by Crippen LogP contribution is -2.59. The lowest BCUT2D eigenvalue weighted by atomic mass is 9.53. The van der Waals surface area contributed by atoms with Gasteiger partial charge in [0.1, 0.15) is 13.2 Å². The molecule has 1 aromatic carbocycles. The summed E-state index contributed by atoms with van der Waals surface area (Å²) >= 11 is 0. The van der Waals surface area contributed by atoms with Crippen molar-refractivity contribution in [2.75, 3.05) is 20.3 Å². The van der Waals surface area contributed by atoms with Gasteiger partial charge in [-0.1, -0.05) is 0 Å². The molecular weight excluding hydrogens is 342 g/mol. The second-order valence-corrected chi connectivity index (χ2v) is 8.77. The molecule has 1 amide bonds. The number of methoxy groups -OCH3 is 1. The molecule has 0 radical (unpaired) electrons. The van der Waals surface area contributed by atoms with E-state index in [1.54, 1.807) is 13.2 Å². The van der Waals surface area contributed by atoms with Crippen molar-refractivity contribution in [3.8, 4) is 17.2 Å². The van der Waals surface area contributed by atoms with Crippen LogP contribution in [-0.4, -0.2) is 31.8 Å². The molecule has 0 spiro atoms. The highest BCUT2D eigenvalue weighted by molar-refractivity contribution is 5.92. The molecule has 0 atom stereocenters. The van der Waals surface area contributed by atoms with Crippen LogP contribution in [0.4, 0.5) is 0 Å². The van der Waals surface area contributed by atoms with E-state index in [1.807, 2.05) is 18.2 Å². The van der Waals surface area contributed by atoms with Crippen LogP contribution in [0.2, 0.25) is 0 Å². The van der Waals surface area contributed by atoms with Gasteiger partial charge in [0.2, 0.25) is 11.7 Å². The number of hydrogen-bond acceptors (Lipinski definition) is 4. The molecule has 5 nitrogen and oxygen atoms in total. The maximum Gasteiger partial charge on any atom is 0.244 e. The summed E-state index contributed by atoms with van der Waals surface area (Å²) in [5.41, 5.74) is 0.914. The molecule has 1 aromatic rings. The van der Waals surface area contributed by atoms with Crippen LogP contribution in [0.15, 0.2) is 18.2 Å². The Kier molecular flexibility index (Phi) is 4.06. The fraction of sp³-hybridized carbons (Fsp3) is 0.591. The molecule has 4 bridgehead atoms. The third-order valence-corrected chi connectivity index (χ3v) is 6.70. The van der Waals surface area contributed by atoms with E-state index in [4.69, 9.17) is 14.2 Å². The molecule has 4 aliphatic carbocycles. The average molecular weight is 369 g/mol. The molecule has 4 saturated carbocycles. The van der Waals surface area contributed by atoms with Crippen molar-refractivity contribution in [2.45, 2.75) is 44.1 Å². The number of carbonyl (C=O) groups excluding carboxylic acids is 1. The number of fused-ring (bicyclic) bond motifs is 1. The summed E-state index contributed by atoms with van der Waals surface area (Å²) in [6, 6.07) is 3.77. The van der Waals surface area contributed by atoms with Gasteiger partial charge in [-0.15, -0.1) is 0 Å². The van der Waals surface area contributed by atoms with Gasteiger partial charge in [0, 0.05) is 11.6 Å². The minimum absolute atomic E-state index is 0.00538. The van der Waals surface area contributed by atoms with Gasteiger partial charge in [-0.3, -0.25) is 4.79 Å². The largest absolute Gasteiger partial charge is 0.493 e. The Labute approximate surface area is 160 Å². The van der Waals surface area contributed by atoms with Crippen LogP contribution in [0.3, 0.4) is 0 Å². The lowest BCUT2D eigenvalue weighted by Gasteiger charge is -2.56. The third kappa shape index (κ3) is 3.17. The minimum atomic E-state index is 0.00538. The monoisotopic (exact) mass is 369 g/mol. The van der Waals surface area contributed by atoms with E-state index in [9.17, 15) is 4.79 Å². The first kappa shape index (κ1) is 17.0. The van der Waals surface area contributed by atoms with E-state index < -0.39 is 0 Å². The second kappa shape index (κ2) is 6.47. The molecule has 6 rings (SSSR count). The van der Waals surface area contributed by atoms with E-state index in [0.29, 0.717) is 30.5 Å². The van der Waals surface area contributed by atoms with E-state index in [2.05, 4.69) is 5.32 Å². The molecule has 5 aliphatic rings. The normalized spacial score (nSPS) is 33.3. The number of benzene rings is 1. The first-order valence-electron chi connectivity index (χ1n) is 10.1.